The Kier molecular flexibility index (Phi) is 3.84. The number of carbonyl (C=O) groups excluding carboxylic acids is 1. The highest BCUT2D eigenvalue weighted by Gasteiger charge is 2.22. The normalized spacial score (nSPS) is 24.4. The van der Waals surface area contributed by atoms with E-state index in [1.807, 2.05) is 24.3 Å². The smallest absolute Gasteiger partial charge is 0.251 e. The van der Waals surface area contributed by atoms with Gasteiger partial charge in [0.25, 0.3) is 5.91 Å². The standard InChI is InChI=1S/C13H16INO/c1-9-5-6-12(7-9)15-13(16)10-3-2-4-11(14)8-10/h2-4,8-9,12H,5-7H2,1H3,(H,15,16). The third-order valence-corrected chi connectivity index (χ3v) is 3.79. The molecule has 1 saturated carbocycles. The van der Waals surface area contributed by atoms with Gasteiger partial charge in [0.15, 0.2) is 0 Å². The zero-order valence-electron chi connectivity index (χ0n) is 9.37. The molecule has 16 heavy (non-hydrogen) atoms. The molecule has 2 nitrogen and oxygen atoms in total. The van der Waals surface area contributed by atoms with E-state index in [1.165, 1.54) is 6.42 Å². The van der Waals surface area contributed by atoms with Gasteiger partial charge >= 0.3 is 0 Å². The van der Waals surface area contributed by atoms with Crippen LogP contribution in [0.1, 0.15) is 36.5 Å². The molecule has 1 aliphatic rings. The Morgan fingerprint density at radius 2 is 2.25 bits per heavy atom. The average molecular weight is 329 g/mol. The van der Waals surface area contributed by atoms with Gasteiger partial charge < -0.3 is 5.32 Å². The summed E-state index contributed by atoms with van der Waals surface area (Å²) in [6, 6.07) is 8.09. The van der Waals surface area contributed by atoms with E-state index >= 15 is 0 Å². The largest absolute Gasteiger partial charge is 0.349 e. The monoisotopic (exact) mass is 329 g/mol. The molecule has 2 rings (SSSR count). The quantitative estimate of drug-likeness (QED) is 0.830. The van der Waals surface area contributed by atoms with Crippen LogP contribution in [0, 0.1) is 9.49 Å². The molecule has 0 saturated heterocycles. The predicted molar refractivity (Wildman–Crippen MR) is 73.4 cm³/mol. The number of halogens is 1. The SMILES string of the molecule is CC1CCC(NC(=O)c2cccc(I)c2)C1. The van der Waals surface area contributed by atoms with Crippen LogP contribution in [0.25, 0.3) is 0 Å². The van der Waals surface area contributed by atoms with Crippen molar-refractivity contribution in [2.45, 2.75) is 32.2 Å². The van der Waals surface area contributed by atoms with Crippen molar-refractivity contribution in [3.63, 3.8) is 0 Å². The summed E-state index contributed by atoms with van der Waals surface area (Å²) in [6.07, 6.45) is 3.48. The Hall–Kier alpha value is -0.580. The van der Waals surface area contributed by atoms with Crippen molar-refractivity contribution in [2.75, 3.05) is 0 Å². The molecule has 1 aliphatic carbocycles. The molecule has 0 heterocycles. The summed E-state index contributed by atoms with van der Waals surface area (Å²) in [6.45, 7) is 2.25. The number of benzene rings is 1. The molecule has 2 atom stereocenters. The molecule has 1 aromatic carbocycles. The van der Waals surface area contributed by atoms with Crippen molar-refractivity contribution in [1.29, 1.82) is 0 Å². The lowest BCUT2D eigenvalue weighted by Gasteiger charge is -2.12. The number of hydrogen-bond acceptors (Lipinski definition) is 1. The number of carbonyl (C=O) groups is 1. The average Bonchev–Trinajstić information content (AvgIpc) is 2.64. The van der Waals surface area contributed by atoms with Gasteiger partial charge in [-0.15, -0.1) is 0 Å². The lowest BCUT2D eigenvalue weighted by molar-refractivity contribution is 0.0937. The van der Waals surface area contributed by atoms with E-state index in [0.717, 1.165) is 27.9 Å². The first-order valence-electron chi connectivity index (χ1n) is 5.71. The Balaban J connectivity index is 1.98. The Morgan fingerprint density at radius 1 is 1.44 bits per heavy atom. The summed E-state index contributed by atoms with van der Waals surface area (Å²) in [5, 5.41) is 3.11. The molecule has 0 aromatic heterocycles. The topological polar surface area (TPSA) is 29.1 Å². The van der Waals surface area contributed by atoms with E-state index in [-0.39, 0.29) is 5.91 Å². The minimum atomic E-state index is 0.0672. The van der Waals surface area contributed by atoms with Crippen LogP contribution in [-0.2, 0) is 0 Å². The fourth-order valence-electron chi connectivity index (χ4n) is 2.24. The summed E-state index contributed by atoms with van der Waals surface area (Å²) in [7, 11) is 0. The number of amides is 1. The van der Waals surface area contributed by atoms with Gasteiger partial charge in [-0.1, -0.05) is 13.0 Å². The maximum Gasteiger partial charge on any atom is 0.251 e. The van der Waals surface area contributed by atoms with E-state index in [0.29, 0.717) is 6.04 Å². The van der Waals surface area contributed by atoms with Gasteiger partial charge in [-0.2, -0.15) is 0 Å². The molecule has 2 unspecified atom stereocenters. The predicted octanol–water partition coefficient (Wildman–Crippen LogP) is 3.21. The molecular formula is C13H16INO. The molecule has 0 radical (unpaired) electrons. The molecule has 1 N–H and O–H groups in total. The number of nitrogens with one attached hydrogen (secondary N) is 1. The highest BCUT2D eigenvalue weighted by atomic mass is 127. The van der Waals surface area contributed by atoms with E-state index in [9.17, 15) is 4.79 Å². The van der Waals surface area contributed by atoms with Gasteiger partial charge in [0.1, 0.15) is 0 Å². The first-order chi connectivity index (χ1) is 7.65. The van der Waals surface area contributed by atoms with Crippen molar-refractivity contribution >= 4 is 28.5 Å². The number of rotatable bonds is 2. The van der Waals surface area contributed by atoms with Gasteiger partial charge in [0, 0.05) is 15.2 Å². The Morgan fingerprint density at radius 3 is 2.88 bits per heavy atom. The minimum Gasteiger partial charge on any atom is -0.349 e. The van der Waals surface area contributed by atoms with Gasteiger partial charge in [0.05, 0.1) is 0 Å². The van der Waals surface area contributed by atoms with Crippen molar-refractivity contribution in [3.8, 4) is 0 Å². The number of hydrogen-bond donors (Lipinski definition) is 1. The van der Waals surface area contributed by atoms with Gasteiger partial charge in [-0.05, 0) is 66.0 Å². The summed E-state index contributed by atoms with van der Waals surface area (Å²) >= 11 is 2.23. The van der Waals surface area contributed by atoms with E-state index in [2.05, 4.69) is 34.8 Å². The maximum atomic E-state index is 11.9. The van der Waals surface area contributed by atoms with Crippen molar-refractivity contribution in [1.82, 2.24) is 5.32 Å². The van der Waals surface area contributed by atoms with E-state index in [1.54, 1.807) is 0 Å². The van der Waals surface area contributed by atoms with Crippen molar-refractivity contribution in [3.05, 3.63) is 33.4 Å². The lowest BCUT2D eigenvalue weighted by atomic mass is 10.1. The second-order valence-electron chi connectivity index (χ2n) is 4.60. The van der Waals surface area contributed by atoms with E-state index in [4.69, 9.17) is 0 Å². The first kappa shape index (κ1) is 11.9. The molecule has 86 valence electrons. The van der Waals surface area contributed by atoms with Crippen LogP contribution in [0.5, 0.6) is 0 Å². The second kappa shape index (κ2) is 5.17. The molecule has 1 fully saturated rings. The summed E-state index contributed by atoms with van der Waals surface area (Å²) in [5.74, 6) is 0.818. The van der Waals surface area contributed by atoms with Crippen LogP contribution in [-0.4, -0.2) is 11.9 Å². The molecule has 1 aromatic rings. The Labute approximate surface area is 110 Å². The van der Waals surface area contributed by atoms with Gasteiger partial charge in [-0.3, -0.25) is 4.79 Å². The zero-order valence-corrected chi connectivity index (χ0v) is 11.5. The molecule has 0 aliphatic heterocycles. The third-order valence-electron chi connectivity index (χ3n) is 3.12. The molecule has 3 heteroatoms. The first-order valence-corrected chi connectivity index (χ1v) is 6.79. The highest BCUT2D eigenvalue weighted by molar-refractivity contribution is 14.1. The summed E-state index contributed by atoms with van der Waals surface area (Å²) in [5.41, 5.74) is 0.770. The van der Waals surface area contributed by atoms with Crippen LogP contribution in [0.3, 0.4) is 0 Å². The maximum absolute atomic E-state index is 11.9. The van der Waals surface area contributed by atoms with Crippen molar-refractivity contribution < 1.29 is 4.79 Å². The molecule has 0 bridgehead atoms. The Bertz CT molecular complexity index is 391. The summed E-state index contributed by atoms with van der Waals surface area (Å²) in [4.78, 5) is 11.9. The van der Waals surface area contributed by atoms with Crippen LogP contribution in [0.15, 0.2) is 24.3 Å². The molecule has 0 spiro atoms. The fourth-order valence-corrected chi connectivity index (χ4v) is 2.78. The van der Waals surface area contributed by atoms with Crippen LogP contribution in [0.4, 0.5) is 0 Å². The van der Waals surface area contributed by atoms with Crippen LogP contribution < -0.4 is 5.32 Å². The molecule has 1 amide bonds. The fraction of sp³-hybridized carbons (Fsp3) is 0.462. The summed E-state index contributed by atoms with van der Waals surface area (Å²) < 4.78 is 1.10. The lowest BCUT2D eigenvalue weighted by Crippen LogP contribution is -2.32. The van der Waals surface area contributed by atoms with Crippen molar-refractivity contribution in [2.24, 2.45) is 5.92 Å². The highest BCUT2D eigenvalue weighted by Crippen LogP contribution is 2.24. The third kappa shape index (κ3) is 2.97. The van der Waals surface area contributed by atoms with Crippen LogP contribution in [0.2, 0.25) is 0 Å². The second-order valence-corrected chi connectivity index (χ2v) is 5.84. The van der Waals surface area contributed by atoms with Gasteiger partial charge in [-0.25, -0.2) is 0 Å². The zero-order chi connectivity index (χ0) is 11.5. The van der Waals surface area contributed by atoms with Crippen LogP contribution >= 0.6 is 22.6 Å². The molecular weight excluding hydrogens is 313 g/mol. The van der Waals surface area contributed by atoms with E-state index < -0.39 is 0 Å². The minimum absolute atomic E-state index is 0.0672. The van der Waals surface area contributed by atoms with Gasteiger partial charge in [0.2, 0.25) is 0 Å².